The Kier molecular flexibility index (Phi) is 5.28. The smallest absolute Gasteiger partial charge is 0.248 e. The Balaban J connectivity index is 2.32. The van der Waals surface area contributed by atoms with E-state index in [4.69, 9.17) is 5.73 Å². The van der Waals surface area contributed by atoms with E-state index in [1.807, 2.05) is 0 Å². The molecule has 22 heavy (non-hydrogen) atoms. The Bertz CT molecular complexity index is 416. The first-order chi connectivity index (χ1) is 10.4. The van der Waals surface area contributed by atoms with Crippen LogP contribution in [0, 0.1) is 5.92 Å². The number of amides is 2. The van der Waals surface area contributed by atoms with Gasteiger partial charge in [-0.1, -0.05) is 0 Å². The number of nitrogens with zero attached hydrogens (tertiary/aromatic N) is 1. The van der Waals surface area contributed by atoms with Gasteiger partial charge in [0.15, 0.2) is 11.9 Å². The molecule has 2 amide bonds. The molecular formula is C14H24N4O4. The first kappa shape index (κ1) is 17.0. The van der Waals surface area contributed by atoms with E-state index in [2.05, 4.69) is 10.6 Å². The van der Waals surface area contributed by atoms with Crippen molar-refractivity contribution in [2.45, 2.75) is 44.0 Å². The third kappa shape index (κ3) is 3.05. The fourth-order valence-electron chi connectivity index (χ4n) is 2.93. The monoisotopic (exact) mass is 312 g/mol. The number of hydrogen-bond donors (Lipinski definition) is 4. The zero-order valence-corrected chi connectivity index (χ0v) is 12.7. The molecule has 0 radical (unpaired) electrons. The van der Waals surface area contributed by atoms with Crippen LogP contribution < -0.4 is 16.4 Å². The van der Waals surface area contributed by atoms with Crippen LogP contribution >= 0.6 is 0 Å². The zero-order chi connectivity index (χ0) is 16.3. The van der Waals surface area contributed by atoms with Gasteiger partial charge in [-0.2, -0.15) is 0 Å². The number of carbonyl (C=O) groups is 3. The van der Waals surface area contributed by atoms with Crippen LogP contribution in [0.3, 0.4) is 0 Å². The summed E-state index contributed by atoms with van der Waals surface area (Å²) in [5.41, 5.74) is 3.90. The number of carbonyl (C=O) groups excluding carboxylic acids is 3. The minimum absolute atomic E-state index is 0.283. The quantitative estimate of drug-likeness (QED) is 0.261. The van der Waals surface area contributed by atoms with E-state index >= 15 is 0 Å². The summed E-state index contributed by atoms with van der Waals surface area (Å²) in [7, 11) is 0. The molecule has 0 aromatic rings. The van der Waals surface area contributed by atoms with Crippen LogP contribution in [0.15, 0.2) is 0 Å². The maximum Gasteiger partial charge on any atom is 0.248 e. The number of nitrogens with one attached hydrogen (secondary N) is 2. The summed E-state index contributed by atoms with van der Waals surface area (Å²) in [6, 6.07) is -0.542. The molecule has 124 valence electrons. The molecule has 2 aliphatic heterocycles. The first-order valence-electron chi connectivity index (χ1n) is 7.67. The molecule has 4 atom stereocenters. The predicted octanol–water partition coefficient (Wildman–Crippen LogP) is -2.06. The molecule has 0 unspecified atom stereocenters. The van der Waals surface area contributed by atoms with Gasteiger partial charge >= 0.3 is 0 Å². The van der Waals surface area contributed by atoms with E-state index in [-0.39, 0.29) is 6.29 Å². The molecule has 0 bridgehead atoms. The minimum Gasteiger partial charge on any atom is -0.389 e. The van der Waals surface area contributed by atoms with Gasteiger partial charge in [0.05, 0.1) is 18.1 Å². The highest BCUT2D eigenvalue weighted by atomic mass is 16.3. The van der Waals surface area contributed by atoms with Gasteiger partial charge in [0.1, 0.15) is 0 Å². The van der Waals surface area contributed by atoms with Crippen molar-refractivity contribution in [1.29, 1.82) is 0 Å². The normalized spacial score (nSPS) is 28.9. The van der Waals surface area contributed by atoms with Crippen molar-refractivity contribution in [3.05, 3.63) is 0 Å². The molecular weight excluding hydrogens is 288 g/mol. The van der Waals surface area contributed by atoms with E-state index in [0.717, 1.165) is 11.3 Å². The van der Waals surface area contributed by atoms with Crippen LogP contribution in [0.1, 0.15) is 26.2 Å². The van der Waals surface area contributed by atoms with Crippen molar-refractivity contribution in [1.82, 2.24) is 15.5 Å². The van der Waals surface area contributed by atoms with Gasteiger partial charge in [0.25, 0.3) is 0 Å². The van der Waals surface area contributed by atoms with E-state index < -0.39 is 35.5 Å². The van der Waals surface area contributed by atoms with Crippen molar-refractivity contribution in [2.75, 3.05) is 19.6 Å². The Hall–Kier alpha value is -1.35. The Morgan fingerprint density at radius 1 is 1.36 bits per heavy atom. The van der Waals surface area contributed by atoms with Gasteiger partial charge in [-0.15, -0.1) is 0 Å². The number of rotatable bonds is 5. The van der Waals surface area contributed by atoms with Gasteiger partial charge in [-0.05, 0) is 39.3 Å². The van der Waals surface area contributed by atoms with Gasteiger partial charge in [-0.3, -0.25) is 25.0 Å². The molecule has 0 aliphatic carbocycles. The molecule has 0 saturated carbocycles. The molecule has 8 nitrogen and oxygen atoms in total. The molecule has 5 N–H and O–H groups in total. The van der Waals surface area contributed by atoms with E-state index in [1.165, 1.54) is 6.92 Å². The van der Waals surface area contributed by atoms with Crippen LogP contribution in [0.5, 0.6) is 0 Å². The molecule has 2 saturated heterocycles. The first-order valence-corrected chi connectivity index (χ1v) is 7.67. The van der Waals surface area contributed by atoms with E-state index in [0.29, 0.717) is 32.5 Å². The lowest BCUT2D eigenvalue weighted by Gasteiger charge is -2.39. The molecule has 2 heterocycles. The largest absolute Gasteiger partial charge is 0.389 e. The Morgan fingerprint density at radius 3 is 2.55 bits per heavy atom. The molecule has 0 spiro atoms. The second-order valence-electron chi connectivity index (χ2n) is 6.03. The van der Waals surface area contributed by atoms with Crippen molar-refractivity contribution < 1.29 is 19.5 Å². The van der Waals surface area contributed by atoms with Gasteiger partial charge in [0, 0.05) is 6.54 Å². The number of aliphatic hydroxyl groups excluding tert-OH is 1. The van der Waals surface area contributed by atoms with E-state index in [9.17, 15) is 19.5 Å². The second-order valence-corrected chi connectivity index (χ2v) is 6.03. The average molecular weight is 312 g/mol. The third-order valence-corrected chi connectivity index (χ3v) is 4.45. The topological polar surface area (TPSA) is 125 Å². The lowest BCUT2D eigenvalue weighted by Crippen LogP contribution is -2.70. The summed E-state index contributed by atoms with van der Waals surface area (Å²) in [6.45, 7) is 3.09. The molecule has 2 aliphatic rings. The van der Waals surface area contributed by atoms with Crippen molar-refractivity contribution >= 4 is 18.1 Å². The predicted molar refractivity (Wildman–Crippen MR) is 78.5 cm³/mol. The number of nitrogens with two attached hydrogens (primary N) is 1. The molecule has 2 fully saturated rings. The molecule has 0 aromatic carbocycles. The van der Waals surface area contributed by atoms with Gasteiger partial charge in [0.2, 0.25) is 11.8 Å². The highest BCUT2D eigenvalue weighted by Gasteiger charge is 2.48. The van der Waals surface area contributed by atoms with Crippen molar-refractivity contribution in [3.8, 4) is 0 Å². The second kappa shape index (κ2) is 6.82. The average Bonchev–Trinajstić information content (AvgIpc) is 3.19. The summed E-state index contributed by atoms with van der Waals surface area (Å²) < 4.78 is 0. The Morgan fingerprint density at radius 2 is 2.09 bits per heavy atom. The number of aliphatic hydroxyl groups is 1. The third-order valence-electron chi connectivity index (χ3n) is 4.45. The minimum atomic E-state index is -2.04. The van der Waals surface area contributed by atoms with E-state index in [1.54, 1.807) is 0 Å². The van der Waals surface area contributed by atoms with Gasteiger partial charge in [-0.25, -0.2) is 0 Å². The number of imide groups is 1. The standard InChI is InChI=1S/C14H24N4O4/c1-9(20)14(15,8-19)18(12(21)10-4-6-16-7-10)13(22)11-3-2-5-17-11/h8-11,16-17,20H,2-7,15H2,1H3/t9-,10+,11-,14-/m1/s1. The SMILES string of the molecule is C[C@@H](O)[C@@](N)(C=O)N(C(=O)[C@H]1CCNC1)C(=O)[C@H]1CCCN1. The lowest BCUT2D eigenvalue weighted by atomic mass is 9.98. The lowest BCUT2D eigenvalue weighted by molar-refractivity contribution is -0.163. The van der Waals surface area contributed by atoms with Crippen molar-refractivity contribution in [3.63, 3.8) is 0 Å². The fourth-order valence-corrected chi connectivity index (χ4v) is 2.93. The van der Waals surface area contributed by atoms with Crippen LogP contribution in [-0.4, -0.2) is 65.5 Å². The maximum absolute atomic E-state index is 12.7. The van der Waals surface area contributed by atoms with Crippen LogP contribution in [0.4, 0.5) is 0 Å². The van der Waals surface area contributed by atoms with Crippen LogP contribution in [-0.2, 0) is 14.4 Å². The zero-order valence-electron chi connectivity index (χ0n) is 12.7. The van der Waals surface area contributed by atoms with Crippen LogP contribution in [0.2, 0.25) is 0 Å². The summed E-state index contributed by atoms with van der Waals surface area (Å²) in [4.78, 5) is 37.7. The molecule has 8 heteroatoms. The number of aldehydes is 1. The highest BCUT2D eigenvalue weighted by Crippen LogP contribution is 2.22. The summed E-state index contributed by atoms with van der Waals surface area (Å²) in [5, 5.41) is 15.9. The number of hydrogen-bond acceptors (Lipinski definition) is 7. The fraction of sp³-hybridized carbons (Fsp3) is 0.786. The molecule has 0 aromatic heterocycles. The Labute approximate surface area is 129 Å². The highest BCUT2D eigenvalue weighted by molar-refractivity contribution is 6.02. The summed E-state index contributed by atoms with van der Waals surface area (Å²) in [6.07, 6.45) is 0.908. The summed E-state index contributed by atoms with van der Waals surface area (Å²) in [5.74, 6) is -1.45. The summed E-state index contributed by atoms with van der Waals surface area (Å²) >= 11 is 0. The maximum atomic E-state index is 12.7. The molecule has 2 rings (SSSR count). The van der Waals surface area contributed by atoms with Crippen LogP contribution in [0.25, 0.3) is 0 Å². The van der Waals surface area contributed by atoms with Gasteiger partial charge < -0.3 is 15.7 Å². The van der Waals surface area contributed by atoms with Crippen molar-refractivity contribution in [2.24, 2.45) is 11.7 Å².